The molecule has 0 radical (unpaired) electrons. The minimum atomic E-state index is -0.427. The van der Waals surface area contributed by atoms with Gasteiger partial charge in [0.05, 0.1) is 5.56 Å². The van der Waals surface area contributed by atoms with E-state index >= 15 is 0 Å². The van der Waals surface area contributed by atoms with Gasteiger partial charge >= 0.3 is 0 Å². The number of rotatable bonds is 2. The number of likely N-dealkylation sites (tertiary alicyclic amines) is 1. The summed E-state index contributed by atoms with van der Waals surface area (Å²) in [5, 5.41) is 0. The molecule has 1 amide bonds. The van der Waals surface area contributed by atoms with Gasteiger partial charge in [-0.15, -0.1) is 0 Å². The van der Waals surface area contributed by atoms with Gasteiger partial charge in [0.1, 0.15) is 5.82 Å². The fraction of sp³-hybridized carbons (Fsp3) is 0.316. The van der Waals surface area contributed by atoms with Crippen LogP contribution in [0.15, 0.2) is 54.6 Å². The van der Waals surface area contributed by atoms with Crippen LogP contribution in [0.1, 0.15) is 34.7 Å². The normalized spacial score (nSPS) is 19.6. The van der Waals surface area contributed by atoms with Gasteiger partial charge in [-0.25, -0.2) is 4.39 Å². The van der Waals surface area contributed by atoms with E-state index < -0.39 is 5.82 Å². The Kier molecular flexibility index (Phi) is 3.03. The van der Waals surface area contributed by atoms with E-state index in [1.54, 1.807) is 23.1 Å². The molecular formula is C19H18FNO. The first-order valence-corrected chi connectivity index (χ1v) is 7.76. The highest BCUT2D eigenvalue weighted by molar-refractivity contribution is 5.95. The molecule has 0 unspecified atom stereocenters. The first kappa shape index (κ1) is 13.5. The van der Waals surface area contributed by atoms with Gasteiger partial charge in [-0.3, -0.25) is 4.79 Å². The molecule has 0 atom stereocenters. The van der Waals surface area contributed by atoms with Crippen LogP contribution in [0.2, 0.25) is 0 Å². The molecule has 2 aliphatic rings. The maximum atomic E-state index is 13.7. The molecular weight excluding hydrogens is 277 g/mol. The zero-order valence-corrected chi connectivity index (χ0v) is 12.3. The first-order chi connectivity index (χ1) is 10.7. The van der Waals surface area contributed by atoms with Gasteiger partial charge in [-0.05, 0) is 36.5 Å². The molecule has 1 saturated heterocycles. The van der Waals surface area contributed by atoms with E-state index in [9.17, 15) is 9.18 Å². The monoisotopic (exact) mass is 295 g/mol. The van der Waals surface area contributed by atoms with Crippen molar-refractivity contribution < 1.29 is 9.18 Å². The molecule has 2 aromatic carbocycles. The Morgan fingerprint density at radius 3 is 2.32 bits per heavy atom. The summed E-state index contributed by atoms with van der Waals surface area (Å²) in [7, 11) is 0. The quantitative estimate of drug-likeness (QED) is 0.824. The molecule has 4 rings (SSSR count). The molecule has 0 N–H and O–H groups in total. The van der Waals surface area contributed by atoms with Crippen LogP contribution in [0.5, 0.6) is 0 Å². The number of benzene rings is 2. The summed E-state index contributed by atoms with van der Waals surface area (Å²) in [6.07, 6.45) is 2.27. The molecule has 1 heterocycles. The van der Waals surface area contributed by atoms with Crippen molar-refractivity contribution in [2.45, 2.75) is 18.8 Å². The van der Waals surface area contributed by atoms with E-state index in [-0.39, 0.29) is 16.9 Å². The second-order valence-electron chi connectivity index (χ2n) is 6.66. The lowest BCUT2D eigenvalue weighted by Crippen LogP contribution is -2.63. The summed E-state index contributed by atoms with van der Waals surface area (Å²) in [6.45, 7) is 1.53. The third-order valence-corrected chi connectivity index (χ3v) is 5.07. The minimum Gasteiger partial charge on any atom is -0.337 e. The minimum absolute atomic E-state index is 0.174. The lowest BCUT2D eigenvalue weighted by atomic mass is 9.56. The number of hydrogen-bond donors (Lipinski definition) is 0. The number of carbonyl (C=O) groups is 1. The topological polar surface area (TPSA) is 20.3 Å². The van der Waals surface area contributed by atoms with E-state index in [4.69, 9.17) is 0 Å². The van der Waals surface area contributed by atoms with Gasteiger partial charge in [0.25, 0.3) is 5.91 Å². The van der Waals surface area contributed by atoms with Gasteiger partial charge in [0, 0.05) is 18.5 Å². The lowest BCUT2D eigenvalue weighted by molar-refractivity contribution is -0.0555. The lowest BCUT2D eigenvalue weighted by Gasteiger charge is -2.59. The zero-order chi connectivity index (χ0) is 15.2. The average Bonchev–Trinajstić information content (AvgIpc) is 2.46. The highest BCUT2D eigenvalue weighted by Crippen LogP contribution is 2.56. The number of amides is 1. The molecule has 1 spiro atoms. The van der Waals surface area contributed by atoms with Crippen molar-refractivity contribution in [3.63, 3.8) is 0 Å². The van der Waals surface area contributed by atoms with Crippen molar-refractivity contribution in [3.05, 3.63) is 71.5 Å². The summed E-state index contributed by atoms with van der Waals surface area (Å²) < 4.78 is 13.7. The molecule has 2 nitrogen and oxygen atoms in total. The molecule has 2 fully saturated rings. The van der Waals surface area contributed by atoms with Crippen molar-refractivity contribution in [2.75, 3.05) is 13.1 Å². The second kappa shape index (κ2) is 4.94. The summed E-state index contributed by atoms with van der Waals surface area (Å²) >= 11 is 0. The molecule has 22 heavy (non-hydrogen) atoms. The molecule has 0 bridgehead atoms. The summed E-state index contributed by atoms with van der Waals surface area (Å²) in [4.78, 5) is 14.1. The van der Waals surface area contributed by atoms with Gasteiger partial charge in [0.2, 0.25) is 0 Å². The van der Waals surface area contributed by atoms with Crippen LogP contribution in [0, 0.1) is 11.2 Å². The molecule has 2 aromatic rings. The van der Waals surface area contributed by atoms with Crippen LogP contribution in [0.25, 0.3) is 0 Å². The Morgan fingerprint density at radius 1 is 1.00 bits per heavy atom. The SMILES string of the molecule is O=C(c1ccccc1F)N1CC2(CC(c3ccccc3)C2)C1. The highest BCUT2D eigenvalue weighted by atomic mass is 19.1. The maximum Gasteiger partial charge on any atom is 0.256 e. The Morgan fingerprint density at radius 2 is 1.64 bits per heavy atom. The number of carbonyl (C=O) groups excluding carboxylic acids is 1. The summed E-state index contributed by atoms with van der Waals surface area (Å²) in [5.41, 5.74) is 1.87. The van der Waals surface area contributed by atoms with Gasteiger partial charge in [-0.2, -0.15) is 0 Å². The van der Waals surface area contributed by atoms with Gasteiger partial charge < -0.3 is 4.90 Å². The van der Waals surface area contributed by atoms with Crippen LogP contribution in [0.3, 0.4) is 0 Å². The largest absolute Gasteiger partial charge is 0.337 e. The van der Waals surface area contributed by atoms with Gasteiger partial charge in [0.15, 0.2) is 0 Å². The molecule has 1 aliphatic heterocycles. The number of hydrogen-bond acceptors (Lipinski definition) is 1. The predicted molar refractivity (Wildman–Crippen MR) is 83.2 cm³/mol. The first-order valence-electron chi connectivity index (χ1n) is 7.76. The van der Waals surface area contributed by atoms with E-state index in [0.29, 0.717) is 5.92 Å². The second-order valence-corrected chi connectivity index (χ2v) is 6.66. The van der Waals surface area contributed by atoms with Crippen LogP contribution >= 0.6 is 0 Å². The molecule has 1 saturated carbocycles. The molecule has 3 heteroatoms. The zero-order valence-electron chi connectivity index (χ0n) is 12.3. The van der Waals surface area contributed by atoms with E-state index in [1.165, 1.54) is 11.6 Å². The van der Waals surface area contributed by atoms with Crippen LogP contribution in [-0.4, -0.2) is 23.9 Å². The van der Waals surface area contributed by atoms with E-state index in [0.717, 1.165) is 25.9 Å². The van der Waals surface area contributed by atoms with Crippen LogP contribution in [-0.2, 0) is 0 Å². The van der Waals surface area contributed by atoms with Crippen LogP contribution in [0.4, 0.5) is 4.39 Å². The third-order valence-electron chi connectivity index (χ3n) is 5.07. The molecule has 0 aromatic heterocycles. The van der Waals surface area contributed by atoms with Crippen molar-refractivity contribution in [1.82, 2.24) is 4.90 Å². The van der Waals surface area contributed by atoms with E-state index in [1.807, 2.05) is 6.07 Å². The van der Waals surface area contributed by atoms with Crippen molar-refractivity contribution in [1.29, 1.82) is 0 Å². The van der Waals surface area contributed by atoms with E-state index in [2.05, 4.69) is 24.3 Å². The van der Waals surface area contributed by atoms with Crippen molar-refractivity contribution in [2.24, 2.45) is 5.41 Å². The molecule has 1 aliphatic carbocycles. The Hall–Kier alpha value is -2.16. The highest BCUT2D eigenvalue weighted by Gasteiger charge is 2.53. The van der Waals surface area contributed by atoms with Crippen molar-refractivity contribution in [3.8, 4) is 0 Å². The Balaban J connectivity index is 1.38. The third kappa shape index (κ3) is 2.12. The van der Waals surface area contributed by atoms with Crippen LogP contribution < -0.4 is 0 Å². The summed E-state index contributed by atoms with van der Waals surface area (Å²) in [6, 6.07) is 16.8. The Labute approximate surface area is 129 Å². The maximum absolute atomic E-state index is 13.7. The van der Waals surface area contributed by atoms with Gasteiger partial charge in [-0.1, -0.05) is 42.5 Å². The fourth-order valence-corrected chi connectivity index (χ4v) is 3.92. The Bertz CT molecular complexity index is 698. The smallest absolute Gasteiger partial charge is 0.256 e. The van der Waals surface area contributed by atoms with Crippen molar-refractivity contribution >= 4 is 5.91 Å². The fourth-order valence-electron chi connectivity index (χ4n) is 3.92. The average molecular weight is 295 g/mol. The standard InChI is InChI=1S/C19H18FNO/c20-17-9-5-4-8-16(17)18(22)21-12-19(13-21)10-15(11-19)14-6-2-1-3-7-14/h1-9,15H,10-13H2. The molecule has 112 valence electrons. The summed E-state index contributed by atoms with van der Waals surface area (Å²) in [5.74, 6) is 0.0167. The number of nitrogens with zero attached hydrogens (tertiary/aromatic N) is 1. The predicted octanol–water partition coefficient (Wildman–Crippen LogP) is 3.85. The number of halogens is 1.